The Labute approximate surface area is 284 Å². The Morgan fingerprint density at radius 3 is 1.90 bits per heavy atom. The summed E-state index contributed by atoms with van der Waals surface area (Å²) in [6, 6.07) is 46.5. The number of hydrogen-bond acceptors (Lipinski definition) is 4. The van der Waals surface area contributed by atoms with E-state index in [2.05, 4.69) is 0 Å². The number of carboxylic acids is 1. The molecule has 6 nitrogen and oxygen atoms in total. The summed E-state index contributed by atoms with van der Waals surface area (Å²) in [5.74, 6) is -2.35. The molecule has 0 spiro atoms. The summed E-state index contributed by atoms with van der Waals surface area (Å²) in [4.78, 5) is 25.9. The van der Waals surface area contributed by atoms with Crippen LogP contribution in [0.15, 0.2) is 157 Å². The smallest absolute Gasteiger partial charge is 0.307 e. The van der Waals surface area contributed by atoms with E-state index in [0.29, 0.717) is 5.69 Å². The van der Waals surface area contributed by atoms with Crippen molar-refractivity contribution in [2.24, 2.45) is 5.92 Å². The summed E-state index contributed by atoms with van der Waals surface area (Å²) < 4.78 is 30.6. The topological polar surface area (TPSA) is 91.8 Å². The monoisotopic (exact) mass is 663 g/mol. The van der Waals surface area contributed by atoms with Crippen LogP contribution in [0.5, 0.6) is 0 Å². The normalized spacial score (nSPS) is 12.2. The minimum absolute atomic E-state index is 0.0202. The number of rotatable bonds is 11. The Hall–Kier alpha value is -5.79. The number of nitrogens with zero attached hydrogens (tertiary/aromatic N) is 1. The number of ketones is 1. The van der Waals surface area contributed by atoms with E-state index < -0.39 is 21.9 Å². The highest BCUT2D eigenvalue weighted by molar-refractivity contribution is 7.92. The van der Waals surface area contributed by atoms with Crippen LogP contribution in [0.3, 0.4) is 0 Å². The lowest BCUT2D eigenvalue weighted by molar-refractivity contribution is -0.141. The van der Waals surface area contributed by atoms with Crippen molar-refractivity contribution in [3.8, 4) is 0 Å². The Morgan fingerprint density at radius 1 is 0.571 bits per heavy atom. The third-order valence-electron chi connectivity index (χ3n) is 8.97. The van der Waals surface area contributed by atoms with Gasteiger partial charge in [0.2, 0.25) is 0 Å². The van der Waals surface area contributed by atoms with Crippen molar-refractivity contribution in [3.05, 3.63) is 168 Å². The van der Waals surface area contributed by atoms with Crippen molar-refractivity contribution in [1.82, 2.24) is 0 Å². The number of anilines is 1. The molecule has 1 atom stereocenters. The minimum atomic E-state index is -4.14. The molecule has 49 heavy (non-hydrogen) atoms. The van der Waals surface area contributed by atoms with Gasteiger partial charge in [-0.1, -0.05) is 109 Å². The van der Waals surface area contributed by atoms with Gasteiger partial charge in [0.1, 0.15) is 0 Å². The van der Waals surface area contributed by atoms with Gasteiger partial charge in [0.15, 0.2) is 5.78 Å². The number of sulfonamides is 1. The van der Waals surface area contributed by atoms with Gasteiger partial charge >= 0.3 is 5.97 Å². The lowest BCUT2D eigenvalue weighted by atomic mass is 9.92. The highest BCUT2D eigenvalue weighted by Gasteiger charge is 2.28. The molecule has 0 aromatic heterocycles. The highest BCUT2D eigenvalue weighted by atomic mass is 32.2. The highest BCUT2D eigenvalue weighted by Crippen LogP contribution is 2.31. The molecule has 0 radical (unpaired) electrons. The van der Waals surface area contributed by atoms with Crippen LogP contribution in [0.1, 0.15) is 27.9 Å². The van der Waals surface area contributed by atoms with Crippen LogP contribution in [0.25, 0.3) is 32.3 Å². The predicted octanol–water partition coefficient (Wildman–Crippen LogP) is 9.06. The van der Waals surface area contributed by atoms with E-state index >= 15 is 0 Å². The number of hydrogen-bond donors (Lipinski definition) is 1. The van der Waals surface area contributed by atoms with Crippen LogP contribution in [0, 0.1) is 5.92 Å². The van der Waals surface area contributed by atoms with Crippen LogP contribution in [-0.2, 0) is 27.8 Å². The molecule has 7 heteroatoms. The second kappa shape index (κ2) is 13.4. The first-order chi connectivity index (χ1) is 23.7. The number of carbonyl (C=O) groups excluding carboxylic acids is 1. The number of benzene rings is 7. The van der Waals surface area contributed by atoms with Gasteiger partial charge in [-0.15, -0.1) is 0 Å². The molecule has 0 aliphatic carbocycles. The van der Waals surface area contributed by atoms with Crippen molar-refractivity contribution in [2.75, 3.05) is 4.31 Å². The van der Waals surface area contributed by atoms with Gasteiger partial charge in [-0.25, -0.2) is 8.42 Å². The average molecular weight is 664 g/mol. The molecule has 0 fully saturated rings. The Morgan fingerprint density at radius 2 is 1.18 bits per heavy atom. The standard InChI is InChI=1S/C42H33NO5S/c44-41(27-38(42(45)46)21-29-9-2-1-3-10-29)36-15-8-16-39(25-36)43(28-30-17-18-31-11-4-5-12-32(31)22-30)49(47,48)40-20-19-35-23-33-13-6-7-14-34(33)24-37(35)26-40/h1-20,22-26,38H,21,27-28H2,(H,45,46). The van der Waals surface area contributed by atoms with Crippen LogP contribution in [-0.4, -0.2) is 25.3 Å². The molecule has 1 N–H and O–H groups in total. The third-order valence-corrected chi connectivity index (χ3v) is 10.7. The number of Topliss-reactive ketones (excluding diaryl/α,β-unsaturated/α-hetero) is 1. The molecule has 0 bridgehead atoms. The second-order valence-corrected chi connectivity index (χ2v) is 14.2. The third kappa shape index (κ3) is 6.80. The lowest BCUT2D eigenvalue weighted by Crippen LogP contribution is -2.31. The van der Waals surface area contributed by atoms with Crippen molar-refractivity contribution >= 4 is 59.8 Å². The summed E-state index contributed by atoms with van der Waals surface area (Å²) in [7, 11) is -4.14. The maximum Gasteiger partial charge on any atom is 0.307 e. The zero-order valence-electron chi connectivity index (χ0n) is 26.6. The molecule has 0 heterocycles. The fourth-order valence-electron chi connectivity index (χ4n) is 6.35. The number of aliphatic carboxylic acids is 1. The maximum absolute atomic E-state index is 14.6. The molecule has 7 aromatic rings. The number of carbonyl (C=O) groups is 2. The van der Waals surface area contributed by atoms with E-state index in [1.807, 2.05) is 115 Å². The van der Waals surface area contributed by atoms with Crippen molar-refractivity contribution < 1.29 is 23.1 Å². The van der Waals surface area contributed by atoms with E-state index in [-0.39, 0.29) is 35.6 Å². The van der Waals surface area contributed by atoms with Gasteiger partial charge in [0.05, 0.1) is 23.0 Å². The maximum atomic E-state index is 14.6. The lowest BCUT2D eigenvalue weighted by Gasteiger charge is -2.26. The molecule has 0 aliphatic heterocycles. The number of fused-ring (bicyclic) bond motifs is 3. The zero-order chi connectivity index (χ0) is 34.0. The first-order valence-corrected chi connectivity index (χ1v) is 17.5. The van der Waals surface area contributed by atoms with E-state index in [9.17, 15) is 23.1 Å². The SMILES string of the molecule is O=C(CC(Cc1ccccc1)C(=O)O)c1cccc(N(Cc2ccc3ccccc3c2)S(=O)(=O)c2ccc3cc4ccccc4cc3c2)c1. The van der Waals surface area contributed by atoms with Crippen molar-refractivity contribution in [2.45, 2.75) is 24.3 Å². The summed E-state index contributed by atoms with van der Waals surface area (Å²) >= 11 is 0. The fourth-order valence-corrected chi connectivity index (χ4v) is 7.83. The van der Waals surface area contributed by atoms with Crippen LogP contribution < -0.4 is 4.31 Å². The first kappa shape index (κ1) is 31.8. The van der Waals surface area contributed by atoms with Gasteiger partial charge in [0, 0.05) is 12.0 Å². The molecule has 7 rings (SSSR count). The van der Waals surface area contributed by atoms with Gasteiger partial charge in [-0.2, -0.15) is 0 Å². The van der Waals surface area contributed by atoms with E-state index in [0.717, 1.165) is 43.4 Å². The minimum Gasteiger partial charge on any atom is -0.481 e. The summed E-state index contributed by atoms with van der Waals surface area (Å²) in [5, 5.41) is 15.8. The molecular weight excluding hydrogens is 631 g/mol. The van der Waals surface area contributed by atoms with Gasteiger partial charge in [-0.05, 0) is 92.3 Å². The van der Waals surface area contributed by atoms with Crippen LogP contribution in [0.2, 0.25) is 0 Å². The van der Waals surface area contributed by atoms with Gasteiger partial charge in [-0.3, -0.25) is 13.9 Å². The molecule has 1 unspecified atom stereocenters. The molecular formula is C42H33NO5S. The van der Waals surface area contributed by atoms with Gasteiger partial charge in [0.25, 0.3) is 10.0 Å². The Balaban J connectivity index is 1.27. The summed E-state index contributed by atoms with van der Waals surface area (Å²) in [5.41, 5.74) is 2.17. The van der Waals surface area contributed by atoms with Crippen LogP contribution >= 0.6 is 0 Å². The molecule has 0 saturated heterocycles. The van der Waals surface area contributed by atoms with E-state index in [4.69, 9.17) is 0 Å². The Kier molecular flexibility index (Phi) is 8.68. The molecule has 0 amide bonds. The second-order valence-electron chi connectivity index (χ2n) is 12.3. The quantitative estimate of drug-likeness (QED) is 0.110. The fraction of sp³-hybridized carbons (Fsp3) is 0.0952. The van der Waals surface area contributed by atoms with Crippen molar-refractivity contribution in [1.29, 1.82) is 0 Å². The van der Waals surface area contributed by atoms with Crippen LogP contribution in [0.4, 0.5) is 5.69 Å². The predicted molar refractivity (Wildman–Crippen MR) is 195 cm³/mol. The molecule has 242 valence electrons. The van der Waals surface area contributed by atoms with E-state index in [1.54, 1.807) is 36.4 Å². The first-order valence-electron chi connectivity index (χ1n) is 16.1. The molecule has 7 aromatic carbocycles. The molecule has 0 aliphatic rings. The largest absolute Gasteiger partial charge is 0.481 e. The summed E-state index contributed by atoms with van der Waals surface area (Å²) in [6.45, 7) is 0.0202. The van der Waals surface area contributed by atoms with Crippen molar-refractivity contribution in [3.63, 3.8) is 0 Å². The average Bonchev–Trinajstić information content (AvgIpc) is 3.12. The summed E-state index contributed by atoms with van der Waals surface area (Å²) in [6.07, 6.45) is -0.00887. The Bertz CT molecular complexity index is 2460. The van der Waals surface area contributed by atoms with E-state index in [1.165, 1.54) is 4.31 Å². The molecule has 0 saturated carbocycles. The zero-order valence-corrected chi connectivity index (χ0v) is 27.4. The number of carboxylic acid groups (broad SMARTS) is 1. The van der Waals surface area contributed by atoms with Gasteiger partial charge < -0.3 is 5.11 Å².